The third-order valence-corrected chi connectivity index (χ3v) is 3.57. The van der Waals surface area contributed by atoms with Crippen molar-refractivity contribution in [2.75, 3.05) is 19.6 Å². The van der Waals surface area contributed by atoms with Gasteiger partial charge in [-0.05, 0) is 17.7 Å². The van der Waals surface area contributed by atoms with Gasteiger partial charge in [0.1, 0.15) is 0 Å². The molecule has 2 aromatic rings. The van der Waals surface area contributed by atoms with Gasteiger partial charge < -0.3 is 5.32 Å². The zero-order valence-corrected chi connectivity index (χ0v) is 11.0. The lowest BCUT2D eigenvalue weighted by Crippen LogP contribution is -2.45. The van der Waals surface area contributed by atoms with Crippen LogP contribution in [-0.4, -0.2) is 29.5 Å². The van der Waals surface area contributed by atoms with Gasteiger partial charge in [-0.2, -0.15) is 0 Å². The highest BCUT2D eigenvalue weighted by Gasteiger charge is 2.20. The SMILES string of the molecule is c1ccc(C2CN(Cc3ccccn3)CCN2)cc1. The Hall–Kier alpha value is -1.71. The first kappa shape index (κ1) is 12.3. The van der Waals surface area contributed by atoms with E-state index in [1.807, 2.05) is 12.3 Å². The Morgan fingerprint density at radius 3 is 2.74 bits per heavy atom. The number of rotatable bonds is 3. The van der Waals surface area contributed by atoms with E-state index in [4.69, 9.17) is 0 Å². The van der Waals surface area contributed by atoms with E-state index in [0.717, 1.165) is 31.9 Å². The number of benzene rings is 1. The Balaban J connectivity index is 1.65. The number of hydrogen-bond acceptors (Lipinski definition) is 3. The van der Waals surface area contributed by atoms with Gasteiger partial charge in [-0.3, -0.25) is 9.88 Å². The average molecular weight is 253 g/mol. The van der Waals surface area contributed by atoms with Crippen LogP contribution in [0, 0.1) is 0 Å². The Bertz CT molecular complexity index is 498. The van der Waals surface area contributed by atoms with Crippen LogP contribution in [0.4, 0.5) is 0 Å². The molecule has 1 unspecified atom stereocenters. The lowest BCUT2D eigenvalue weighted by molar-refractivity contribution is 0.191. The van der Waals surface area contributed by atoms with Gasteiger partial charge in [0, 0.05) is 38.4 Å². The highest BCUT2D eigenvalue weighted by molar-refractivity contribution is 5.20. The molecular weight excluding hydrogens is 234 g/mol. The third-order valence-electron chi connectivity index (χ3n) is 3.57. The van der Waals surface area contributed by atoms with Crippen molar-refractivity contribution in [3.8, 4) is 0 Å². The van der Waals surface area contributed by atoms with Crippen LogP contribution in [0.5, 0.6) is 0 Å². The van der Waals surface area contributed by atoms with Crippen LogP contribution in [0.25, 0.3) is 0 Å². The summed E-state index contributed by atoms with van der Waals surface area (Å²) in [5.41, 5.74) is 2.52. The second-order valence-electron chi connectivity index (χ2n) is 4.97. The molecule has 0 saturated carbocycles. The van der Waals surface area contributed by atoms with E-state index >= 15 is 0 Å². The normalized spacial score (nSPS) is 20.3. The molecule has 0 spiro atoms. The van der Waals surface area contributed by atoms with E-state index in [-0.39, 0.29) is 0 Å². The first-order valence-corrected chi connectivity index (χ1v) is 6.82. The predicted octanol–water partition coefficient (Wildman–Crippen LogP) is 2.23. The molecule has 0 amide bonds. The fourth-order valence-electron chi connectivity index (χ4n) is 2.58. The summed E-state index contributed by atoms with van der Waals surface area (Å²) in [5, 5.41) is 3.59. The average Bonchev–Trinajstić information content (AvgIpc) is 2.49. The molecule has 1 aromatic carbocycles. The molecule has 98 valence electrons. The van der Waals surface area contributed by atoms with Crippen LogP contribution in [0.2, 0.25) is 0 Å². The summed E-state index contributed by atoms with van der Waals surface area (Å²) in [6.45, 7) is 4.10. The van der Waals surface area contributed by atoms with Crippen LogP contribution in [0.15, 0.2) is 54.7 Å². The largest absolute Gasteiger partial charge is 0.308 e. The van der Waals surface area contributed by atoms with Crippen molar-refractivity contribution in [3.05, 3.63) is 66.0 Å². The molecule has 1 fully saturated rings. The molecule has 3 rings (SSSR count). The van der Waals surface area contributed by atoms with Crippen LogP contribution < -0.4 is 5.32 Å². The minimum atomic E-state index is 0.429. The monoisotopic (exact) mass is 253 g/mol. The zero-order chi connectivity index (χ0) is 12.9. The molecule has 0 radical (unpaired) electrons. The lowest BCUT2D eigenvalue weighted by atomic mass is 10.0. The molecule has 2 heterocycles. The van der Waals surface area contributed by atoms with Gasteiger partial charge in [-0.1, -0.05) is 36.4 Å². The van der Waals surface area contributed by atoms with Crippen molar-refractivity contribution in [3.63, 3.8) is 0 Å². The molecule has 0 bridgehead atoms. The van der Waals surface area contributed by atoms with Crippen molar-refractivity contribution in [1.82, 2.24) is 15.2 Å². The van der Waals surface area contributed by atoms with Gasteiger partial charge in [0.15, 0.2) is 0 Å². The Morgan fingerprint density at radius 1 is 1.11 bits per heavy atom. The molecule has 1 N–H and O–H groups in total. The van der Waals surface area contributed by atoms with Crippen molar-refractivity contribution in [2.24, 2.45) is 0 Å². The first-order chi connectivity index (χ1) is 9.42. The summed E-state index contributed by atoms with van der Waals surface area (Å²) in [7, 11) is 0. The highest BCUT2D eigenvalue weighted by atomic mass is 15.2. The number of nitrogens with one attached hydrogen (secondary N) is 1. The number of pyridine rings is 1. The van der Waals surface area contributed by atoms with Crippen LogP contribution in [0.3, 0.4) is 0 Å². The van der Waals surface area contributed by atoms with Crippen molar-refractivity contribution in [1.29, 1.82) is 0 Å². The highest BCUT2D eigenvalue weighted by Crippen LogP contribution is 2.17. The van der Waals surface area contributed by atoms with Gasteiger partial charge in [0.25, 0.3) is 0 Å². The minimum Gasteiger partial charge on any atom is -0.308 e. The van der Waals surface area contributed by atoms with Crippen molar-refractivity contribution >= 4 is 0 Å². The summed E-state index contributed by atoms with van der Waals surface area (Å²) < 4.78 is 0. The standard InChI is InChI=1S/C16H19N3/c1-2-6-14(7-3-1)16-13-19(11-10-18-16)12-15-8-4-5-9-17-15/h1-9,16,18H,10-13H2. The van der Waals surface area contributed by atoms with E-state index in [0.29, 0.717) is 6.04 Å². The second-order valence-corrected chi connectivity index (χ2v) is 4.97. The van der Waals surface area contributed by atoms with Crippen LogP contribution >= 0.6 is 0 Å². The molecule has 1 atom stereocenters. The van der Waals surface area contributed by atoms with Gasteiger partial charge in [0.2, 0.25) is 0 Å². The zero-order valence-electron chi connectivity index (χ0n) is 11.0. The van der Waals surface area contributed by atoms with Crippen molar-refractivity contribution < 1.29 is 0 Å². The maximum atomic E-state index is 4.41. The second kappa shape index (κ2) is 5.95. The number of piperazine rings is 1. The summed E-state index contributed by atoms with van der Waals surface area (Å²) in [4.78, 5) is 6.88. The summed E-state index contributed by atoms with van der Waals surface area (Å²) in [6.07, 6.45) is 1.87. The Morgan fingerprint density at radius 2 is 1.95 bits per heavy atom. The van der Waals surface area contributed by atoms with E-state index in [9.17, 15) is 0 Å². The topological polar surface area (TPSA) is 28.2 Å². The molecule has 1 saturated heterocycles. The molecule has 1 aliphatic heterocycles. The maximum absolute atomic E-state index is 4.41. The molecule has 1 aliphatic rings. The van der Waals surface area contributed by atoms with E-state index in [2.05, 4.69) is 57.7 Å². The quantitative estimate of drug-likeness (QED) is 0.909. The van der Waals surface area contributed by atoms with E-state index < -0.39 is 0 Å². The Kier molecular flexibility index (Phi) is 3.86. The van der Waals surface area contributed by atoms with E-state index in [1.54, 1.807) is 0 Å². The van der Waals surface area contributed by atoms with Gasteiger partial charge >= 0.3 is 0 Å². The fraction of sp³-hybridized carbons (Fsp3) is 0.312. The summed E-state index contributed by atoms with van der Waals surface area (Å²) >= 11 is 0. The molecule has 1 aromatic heterocycles. The van der Waals surface area contributed by atoms with Crippen LogP contribution in [0.1, 0.15) is 17.3 Å². The van der Waals surface area contributed by atoms with Crippen LogP contribution in [-0.2, 0) is 6.54 Å². The van der Waals surface area contributed by atoms with Gasteiger partial charge in [0.05, 0.1) is 5.69 Å². The maximum Gasteiger partial charge on any atom is 0.0543 e. The molecule has 19 heavy (non-hydrogen) atoms. The lowest BCUT2D eigenvalue weighted by Gasteiger charge is -2.33. The summed E-state index contributed by atoms with van der Waals surface area (Å²) in [6, 6.07) is 17.2. The smallest absolute Gasteiger partial charge is 0.0543 e. The number of aromatic nitrogens is 1. The molecule has 3 heteroatoms. The minimum absolute atomic E-state index is 0.429. The molecular formula is C16H19N3. The number of nitrogens with zero attached hydrogens (tertiary/aromatic N) is 2. The molecule has 3 nitrogen and oxygen atoms in total. The van der Waals surface area contributed by atoms with Gasteiger partial charge in [-0.25, -0.2) is 0 Å². The number of hydrogen-bond donors (Lipinski definition) is 1. The fourth-order valence-corrected chi connectivity index (χ4v) is 2.58. The predicted molar refractivity (Wildman–Crippen MR) is 76.7 cm³/mol. The van der Waals surface area contributed by atoms with Gasteiger partial charge in [-0.15, -0.1) is 0 Å². The first-order valence-electron chi connectivity index (χ1n) is 6.82. The Labute approximate surface area is 114 Å². The van der Waals surface area contributed by atoms with E-state index in [1.165, 1.54) is 5.56 Å². The summed E-state index contributed by atoms with van der Waals surface area (Å²) in [5.74, 6) is 0. The molecule has 0 aliphatic carbocycles. The van der Waals surface area contributed by atoms with Crippen molar-refractivity contribution in [2.45, 2.75) is 12.6 Å². The third kappa shape index (κ3) is 3.19.